The first-order valence-corrected chi connectivity index (χ1v) is 12.1. The summed E-state index contributed by atoms with van der Waals surface area (Å²) in [4.78, 5) is 0. The van der Waals surface area contributed by atoms with Gasteiger partial charge in [-0.15, -0.1) is 0 Å². The maximum Gasteiger partial charge on any atom is 0.173 e. The first kappa shape index (κ1) is 28.1. The molecule has 2 unspecified atom stereocenters. The summed E-state index contributed by atoms with van der Waals surface area (Å²) >= 11 is 0. The molecule has 0 aromatic heterocycles. The van der Waals surface area contributed by atoms with Gasteiger partial charge in [0.05, 0.1) is 28.4 Å². The highest BCUT2D eigenvalue weighted by Crippen LogP contribution is 2.43. The van der Waals surface area contributed by atoms with Crippen LogP contribution in [0, 0.1) is 5.92 Å². The van der Waals surface area contributed by atoms with E-state index >= 15 is 0 Å². The van der Waals surface area contributed by atoms with Gasteiger partial charge in [-0.1, -0.05) is 37.3 Å². The van der Waals surface area contributed by atoms with E-state index in [4.69, 9.17) is 29.4 Å². The number of methoxy groups -OCH3 is 4. The summed E-state index contributed by atoms with van der Waals surface area (Å²) in [6.45, 7) is 1.95. The first-order valence-electron chi connectivity index (χ1n) is 12.1. The molecule has 4 N–H and O–H groups in total. The standard InChI is InChI=1S/C29H37NO7/c1-19(15-23(31)28(30)37-22-9-7-6-8-10-22)18-29(32,20-11-13-24(33-2)26(16-20)35-4)21-12-14-25(34-3)27(17-21)36-5/h6-14,16-17,19,23,28,31-32H,15,18,30H2,1-5H3/t19?,23-,28?/m0/s1. The second kappa shape index (κ2) is 12.7. The molecule has 3 atom stereocenters. The molecule has 0 heterocycles. The third-order valence-electron chi connectivity index (χ3n) is 6.40. The highest BCUT2D eigenvalue weighted by molar-refractivity contribution is 5.51. The van der Waals surface area contributed by atoms with E-state index < -0.39 is 17.9 Å². The Balaban J connectivity index is 1.91. The summed E-state index contributed by atoms with van der Waals surface area (Å²) in [5, 5.41) is 23.0. The van der Waals surface area contributed by atoms with E-state index in [1.54, 1.807) is 77.0 Å². The molecular formula is C29H37NO7. The number of rotatable bonds is 13. The van der Waals surface area contributed by atoms with Crippen molar-refractivity contribution in [3.05, 3.63) is 77.9 Å². The van der Waals surface area contributed by atoms with E-state index in [2.05, 4.69) is 0 Å². The summed E-state index contributed by atoms with van der Waals surface area (Å²) in [7, 11) is 6.21. The van der Waals surface area contributed by atoms with Crippen molar-refractivity contribution in [2.45, 2.75) is 37.7 Å². The number of aliphatic hydroxyl groups excluding tert-OH is 1. The van der Waals surface area contributed by atoms with Crippen LogP contribution in [0.1, 0.15) is 30.9 Å². The normalized spacial score (nSPS) is 13.8. The molecule has 0 bridgehead atoms. The van der Waals surface area contributed by atoms with Gasteiger partial charge in [0.1, 0.15) is 17.5 Å². The molecule has 0 fully saturated rings. The first-order chi connectivity index (χ1) is 17.7. The van der Waals surface area contributed by atoms with Crippen molar-refractivity contribution in [3.63, 3.8) is 0 Å². The smallest absolute Gasteiger partial charge is 0.173 e. The lowest BCUT2D eigenvalue weighted by atomic mass is 9.78. The zero-order valence-corrected chi connectivity index (χ0v) is 22.0. The lowest BCUT2D eigenvalue weighted by Crippen LogP contribution is -2.41. The van der Waals surface area contributed by atoms with Gasteiger partial charge in [-0.3, -0.25) is 5.73 Å². The molecular weight excluding hydrogens is 474 g/mol. The van der Waals surface area contributed by atoms with E-state index in [-0.39, 0.29) is 12.3 Å². The Kier molecular flexibility index (Phi) is 9.63. The third-order valence-corrected chi connectivity index (χ3v) is 6.40. The van der Waals surface area contributed by atoms with Crippen molar-refractivity contribution in [2.75, 3.05) is 28.4 Å². The van der Waals surface area contributed by atoms with Crippen LogP contribution in [0.4, 0.5) is 0 Å². The molecule has 0 saturated carbocycles. The molecule has 0 amide bonds. The average molecular weight is 512 g/mol. The molecule has 0 radical (unpaired) electrons. The van der Waals surface area contributed by atoms with Gasteiger partial charge in [-0.05, 0) is 66.3 Å². The van der Waals surface area contributed by atoms with E-state index in [0.29, 0.717) is 46.3 Å². The Morgan fingerprint density at radius 1 is 0.757 bits per heavy atom. The zero-order valence-electron chi connectivity index (χ0n) is 22.0. The number of aliphatic hydroxyl groups is 2. The largest absolute Gasteiger partial charge is 0.493 e. The Morgan fingerprint density at radius 2 is 1.24 bits per heavy atom. The van der Waals surface area contributed by atoms with Crippen molar-refractivity contribution >= 4 is 0 Å². The van der Waals surface area contributed by atoms with E-state index in [9.17, 15) is 10.2 Å². The fourth-order valence-electron chi connectivity index (χ4n) is 4.46. The molecule has 200 valence electrons. The molecule has 8 heteroatoms. The number of hydrogen-bond donors (Lipinski definition) is 3. The SMILES string of the molecule is COc1ccc(C(O)(CC(C)C[C@H](O)C(N)Oc2ccccc2)c2ccc(OC)c(OC)c2)cc1OC. The van der Waals surface area contributed by atoms with Crippen LogP contribution in [0.2, 0.25) is 0 Å². The quantitative estimate of drug-likeness (QED) is 0.294. The van der Waals surface area contributed by atoms with Crippen LogP contribution in [0.25, 0.3) is 0 Å². The fourth-order valence-corrected chi connectivity index (χ4v) is 4.46. The molecule has 3 rings (SSSR count). The maximum absolute atomic E-state index is 12.2. The van der Waals surface area contributed by atoms with Crippen LogP contribution in [0.15, 0.2) is 66.7 Å². The minimum atomic E-state index is -1.46. The Morgan fingerprint density at radius 3 is 1.70 bits per heavy atom. The van der Waals surface area contributed by atoms with Crippen molar-refractivity contribution in [1.29, 1.82) is 0 Å². The summed E-state index contributed by atoms with van der Waals surface area (Å²) < 4.78 is 27.4. The predicted octanol–water partition coefficient (Wildman–Crippen LogP) is 4.10. The van der Waals surface area contributed by atoms with Gasteiger partial charge < -0.3 is 33.9 Å². The number of hydrogen-bond acceptors (Lipinski definition) is 8. The van der Waals surface area contributed by atoms with Crippen molar-refractivity contribution < 1.29 is 33.9 Å². The topological polar surface area (TPSA) is 113 Å². The van der Waals surface area contributed by atoms with Crippen LogP contribution in [-0.2, 0) is 5.60 Å². The Hall–Kier alpha value is -3.46. The van der Waals surface area contributed by atoms with Gasteiger partial charge in [0.2, 0.25) is 0 Å². The van der Waals surface area contributed by atoms with Gasteiger partial charge in [0.25, 0.3) is 0 Å². The summed E-state index contributed by atoms with van der Waals surface area (Å²) in [5.41, 5.74) is 5.87. The van der Waals surface area contributed by atoms with Crippen LogP contribution < -0.4 is 29.4 Å². The van der Waals surface area contributed by atoms with Crippen LogP contribution in [-0.4, -0.2) is 51.0 Å². The number of benzene rings is 3. The highest BCUT2D eigenvalue weighted by Gasteiger charge is 2.36. The van der Waals surface area contributed by atoms with Gasteiger partial charge >= 0.3 is 0 Å². The molecule has 8 nitrogen and oxygen atoms in total. The lowest BCUT2D eigenvalue weighted by Gasteiger charge is -2.34. The number of para-hydroxylation sites is 1. The molecule has 0 aliphatic carbocycles. The van der Waals surface area contributed by atoms with Gasteiger partial charge in [0, 0.05) is 0 Å². The highest BCUT2D eigenvalue weighted by atomic mass is 16.5. The van der Waals surface area contributed by atoms with Crippen molar-refractivity contribution in [1.82, 2.24) is 0 Å². The summed E-state index contributed by atoms with van der Waals surface area (Å²) in [6.07, 6.45) is -1.29. The fraction of sp³-hybridized carbons (Fsp3) is 0.379. The third kappa shape index (κ3) is 6.65. The van der Waals surface area contributed by atoms with Crippen LogP contribution in [0.5, 0.6) is 28.7 Å². The lowest BCUT2D eigenvalue weighted by molar-refractivity contribution is 0.00662. The monoisotopic (exact) mass is 511 g/mol. The molecule has 0 saturated heterocycles. The molecule has 0 aliphatic rings. The maximum atomic E-state index is 12.2. The minimum Gasteiger partial charge on any atom is -0.493 e. The summed E-state index contributed by atoms with van der Waals surface area (Å²) in [6, 6.07) is 19.7. The van der Waals surface area contributed by atoms with Gasteiger partial charge in [-0.2, -0.15) is 0 Å². The summed E-state index contributed by atoms with van der Waals surface area (Å²) in [5.74, 6) is 2.50. The number of nitrogens with two attached hydrogens (primary N) is 1. The zero-order chi connectivity index (χ0) is 27.0. The molecule has 3 aromatic carbocycles. The van der Waals surface area contributed by atoms with Gasteiger partial charge in [0.15, 0.2) is 29.2 Å². The van der Waals surface area contributed by atoms with Crippen molar-refractivity contribution in [3.8, 4) is 28.7 Å². The Bertz CT molecular complexity index is 1080. The second-order valence-electron chi connectivity index (χ2n) is 9.01. The Labute approximate surface area is 218 Å². The average Bonchev–Trinajstić information content (AvgIpc) is 2.92. The molecule has 0 spiro atoms. The molecule has 3 aromatic rings. The molecule has 0 aliphatic heterocycles. The van der Waals surface area contributed by atoms with E-state index in [1.807, 2.05) is 25.1 Å². The van der Waals surface area contributed by atoms with Crippen LogP contribution in [0.3, 0.4) is 0 Å². The van der Waals surface area contributed by atoms with E-state index in [0.717, 1.165) is 0 Å². The predicted molar refractivity (Wildman–Crippen MR) is 142 cm³/mol. The van der Waals surface area contributed by atoms with Crippen LogP contribution >= 0.6 is 0 Å². The second-order valence-corrected chi connectivity index (χ2v) is 9.01. The number of ether oxygens (including phenoxy) is 5. The molecule has 37 heavy (non-hydrogen) atoms. The van der Waals surface area contributed by atoms with Crippen molar-refractivity contribution in [2.24, 2.45) is 11.7 Å². The van der Waals surface area contributed by atoms with Gasteiger partial charge in [-0.25, -0.2) is 0 Å². The minimum absolute atomic E-state index is 0.161. The van der Waals surface area contributed by atoms with E-state index in [1.165, 1.54) is 0 Å².